The van der Waals surface area contributed by atoms with E-state index in [1.54, 1.807) is 13.8 Å². The van der Waals surface area contributed by atoms with Crippen LogP contribution in [-0.4, -0.2) is 30.7 Å². The van der Waals surface area contributed by atoms with Crippen LogP contribution >= 0.6 is 0 Å². The minimum absolute atomic E-state index is 0.195. The zero-order valence-corrected chi connectivity index (χ0v) is 10.8. The number of nitro benzene ring substituents is 1. The smallest absolute Gasteiger partial charge is 0.270 e. The molecule has 0 amide bonds. The third-order valence-electron chi connectivity index (χ3n) is 2.46. The minimum Gasteiger partial charge on any atom is -0.872 e. The van der Waals surface area contributed by atoms with E-state index in [9.17, 15) is 23.6 Å². The molecule has 0 unspecified atom stereocenters. The molecule has 0 aliphatic heterocycles. The molecular formula is C10H13N2O5S-. The van der Waals surface area contributed by atoms with Gasteiger partial charge in [-0.3, -0.25) is 10.1 Å². The standard InChI is InChI=1S/C10H14N2O5S/c1-3-11(4-2)18(16,17)10-7-8(12(14)15)5-6-9(10)13/h5-7,13H,3-4H2,1-2H3/p-1. The van der Waals surface area contributed by atoms with E-state index in [4.69, 9.17) is 0 Å². The summed E-state index contributed by atoms with van der Waals surface area (Å²) in [6.45, 7) is 3.65. The maximum Gasteiger partial charge on any atom is 0.270 e. The molecule has 7 nitrogen and oxygen atoms in total. The van der Waals surface area contributed by atoms with Crippen molar-refractivity contribution in [2.45, 2.75) is 18.7 Å². The van der Waals surface area contributed by atoms with Crippen LogP contribution in [0.25, 0.3) is 0 Å². The molecule has 0 radical (unpaired) electrons. The van der Waals surface area contributed by atoms with Crippen LogP contribution in [0.5, 0.6) is 5.75 Å². The molecule has 8 heteroatoms. The summed E-state index contributed by atoms with van der Waals surface area (Å²) in [6, 6.07) is 2.69. The van der Waals surface area contributed by atoms with Gasteiger partial charge in [0, 0.05) is 25.2 Å². The number of rotatable bonds is 5. The molecule has 0 aliphatic rings. The number of nitro groups is 1. The van der Waals surface area contributed by atoms with Crippen molar-refractivity contribution in [3.8, 4) is 5.75 Å². The highest BCUT2D eigenvalue weighted by Crippen LogP contribution is 2.27. The molecule has 0 bridgehead atoms. The third-order valence-corrected chi connectivity index (χ3v) is 4.53. The Morgan fingerprint density at radius 1 is 1.28 bits per heavy atom. The molecule has 0 saturated carbocycles. The number of nitrogens with zero attached hydrogens (tertiary/aromatic N) is 2. The van der Waals surface area contributed by atoms with Crippen LogP contribution in [0.15, 0.2) is 23.1 Å². The second kappa shape index (κ2) is 5.32. The van der Waals surface area contributed by atoms with Gasteiger partial charge in [0.15, 0.2) is 0 Å². The SMILES string of the molecule is CCN(CC)S(=O)(=O)c1cc([N+](=O)[O-])ccc1[O-]. The summed E-state index contributed by atoms with van der Waals surface area (Å²) >= 11 is 0. The molecule has 0 N–H and O–H groups in total. The van der Waals surface area contributed by atoms with E-state index in [0.29, 0.717) is 0 Å². The Kier molecular flexibility index (Phi) is 4.25. The highest BCUT2D eigenvalue weighted by molar-refractivity contribution is 7.89. The minimum atomic E-state index is -3.97. The fourth-order valence-corrected chi connectivity index (χ4v) is 3.06. The average molecular weight is 273 g/mol. The molecule has 1 aromatic rings. The van der Waals surface area contributed by atoms with E-state index in [1.165, 1.54) is 0 Å². The van der Waals surface area contributed by atoms with Gasteiger partial charge in [-0.05, 0) is 0 Å². The van der Waals surface area contributed by atoms with Crippen molar-refractivity contribution in [1.82, 2.24) is 4.31 Å². The zero-order chi connectivity index (χ0) is 13.9. The summed E-state index contributed by atoms with van der Waals surface area (Å²) in [7, 11) is -3.97. The summed E-state index contributed by atoms with van der Waals surface area (Å²) in [5, 5.41) is 22.1. The van der Waals surface area contributed by atoms with Crippen molar-refractivity contribution in [1.29, 1.82) is 0 Å². The summed E-state index contributed by atoms with van der Waals surface area (Å²) in [6.07, 6.45) is 0. The van der Waals surface area contributed by atoms with E-state index in [2.05, 4.69) is 0 Å². The van der Waals surface area contributed by atoms with E-state index in [-0.39, 0.29) is 13.1 Å². The van der Waals surface area contributed by atoms with Crippen molar-refractivity contribution in [2.75, 3.05) is 13.1 Å². The van der Waals surface area contributed by atoms with E-state index < -0.39 is 31.3 Å². The van der Waals surface area contributed by atoms with E-state index >= 15 is 0 Å². The lowest BCUT2D eigenvalue weighted by molar-refractivity contribution is -0.385. The van der Waals surface area contributed by atoms with Crippen molar-refractivity contribution in [3.05, 3.63) is 28.3 Å². The second-order valence-corrected chi connectivity index (χ2v) is 5.38. The molecule has 0 saturated heterocycles. The number of sulfonamides is 1. The first-order valence-corrected chi connectivity index (χ1v) is 6.74. The lowest BCUT2D eigenvalue weighted by Crippen LogP contribution is -2.31. The van der Waals surface area contributed by atoms with Crippen LogP contribution in [0, 0.1) is 10.1 Å². The van der Waals surface area contributed by atoms with Gasteiger partial charge in [0.25, 0.3) is 5.69 Å². The van der Waals surface area contributed by atoms with Crippen LogP contribution in [0.4, 0.5) is 5.69 Å². The van der Waals surface area contributed by atoms with Crippen molar-refractivity contribution in [2.24, 2.45) is 0 Å². The zero-order valence-electron chi connectivity index (χ0n) is 9.99. The van der Waals surface area contributed by atoms with Gasteiger partial charge in [0.2, 0.25) is 10.0 Å². The predicted octanol–water partition coefficient (Wildman–Crippen LogP) is 0.699. The van der Waals surface area contributed by atoms with Gasteiger partial charge in [-0.25, -0.2) is 8.42 Å². The fourth-order valence-electron chi connectivity index (χ4n) is 1.51. The largest absolute Gasteiger partial charge is 0.872 e. The highest BCUT2D eigenvalue weighted by atomic mass is 32.2. The van der Waals surface area contributed by atoms with Gasteiger partial charge in [0.05, 0.1) is 9.82 Å². The highest BCUT2D eigenvalue weighted by Gasteiger charge is 2.24. The molecule has 1 aromatic carbocycles. The second-order valence-electron chi connectivity index (χ2n) is 3.48. The Hall–Kier alpha value is -1.67. The van der Waals surface area contributed by atoms with Crippen molar-refractivity contribution in [3.63, 3.8) is 0 Å². The van der Waals surface area contributed by atoms with Crippen LogP contribution in [-0.2, 0) is 10.0 Å². The summed E-state index contributed by atoms with van der Waals surface area (Å²) in [4.78, 5) is 9.30. The Balaban J connectivity index is 3.40. The summed E-state index contributed by atoms with van der Waals surface area (Å²) in [5.41, 5.74) is -0.416. The van der Waals surface area contributed by atoms with Gasteiger partial charge < -0.3 is 5.11 Å². The molecular weight excluding hydrogens is 260 g/mol. The van der Waals surface area contributed by atoms with Crippen molar-refractivity contribution < 1.29 is 18.4 Å². The molecule has 18 heavy (non-hydrogen) atoms. The van der Waals surface area contributed by atoms with Gasteiger partial charge in [-0.1, -0.05) is 25.7 Å². The Labute approximate surface area is 105 Å². The normalized spacial score (nSPS) is 11.7. The van der Waals surface area contributed by atoms with Crippen LogP contribution in [0.1, 0.15) is 13.8 Å². The van der Waals surface area contributed by atoms with Crippen LogP contribution < -0.4 is 5.11 Å². The molecule has 0 atom stereocenters. The summed E-state index contributed by atoms with van der Waals surface area (Å²) in [5.74, 6) is -0.743. The first-order chi connectivity index (χ1) is 8.34. The van der Waals surface area contributed by atoms with E-state index in [1.807, 2.05) is 0 Å². The molecule has 0 aliphatic carbocycles. The van der Waals surface area contributed by atoms with Gasteiger partial charge in [-0.15, -0.1) is 0 Å². The first kappa shape index (κ1) is 14.4. The number of non-ortho nitro benzene ring substituents is 1. The molecule has 1 rings (SSSR count). The number of benzene rings is 1. The van der Waals surface area contributed by atoms with Crippen LogP contribution in [0.3, 0.4) is 0 Å². The molecule has 0 fully saturated rings. The maximum atomic E-state index is 12.1. The Morgan fingerprint density at radius 3 is 2.28 bits per heavy atom. The van der Waals surface area contributed by atoms with Gasteiger partial charge in [0.1, 0.15) is 0 Å². The predicted molar refractivity (Wildman–Crippen MR) is 62.6 cm³/mol. The Bertz CT molecular complexity index is 551. The Morgan fingerprint density at radius 2 is 1.83 bits per heavy atom. The maximum absolute atomic E-state index is 12.1. The quantitative estimate of drug-likeness (QED) is 0.580. The van der Waals surface area contributed by atoms with Gasteiger partial charge in [-0.2, -0.15) is 4.31 Å². The number of hydrogen-bond donors (Lipinski definition) is 0. The van der Waals surface area contributed by atoms with Crippen LogP contribution in [0.2, 0.25) is 0 Å². The average Bonchev–Trinajstić information content (AvgIpc) is 2.30. The molecule has 0 spiro atoms. The molecule has 0 heterocycles. The summed E-state index contributed by atoms with van der Waals surface area (Å²) < 4.78 is 25.3. The van der Waals surface area contributed by atoms with Gasteiger partial charge >= 0.3 is 0 Å². The first-order valence-electron chi connectivity index (χ1n) is 5.30. The van der Waals surface area contributed by atoms with E-state index in [0.717, 1.165) is 22.5 Å². The third kappa shape index (κ3) is 2.59. The molecule has 100 valence electrons. The molecule has 0 aromatic heterocycles. The lowest BCUT2D eigenvalue weighted by Gasteiger charge is -2.21. The van der Waals surface area contributed by atoms with Crippen molar-refractivity contribution >= 4 is 15.7 Å². The number of hydrogen-bond acceptors (Lipinski definition) is 5. The topological polar surface area (TPSA) is 104 Å². The fraction of sp³-hybridized carbons (Fsp3) is 0.400. The lowest BCUT2D eigenvalue weighted by atomic mass is 10.3. The monoisotopic (exact) mass is 273 g/mol.